The average Bonchev–Trinajstić information content (AvgIpc) is 3.75. The molecule has 47 heavy (non-hydrogen) atoms. The number of carbonyl (C=O) groups excluding carboxylic acids is 3. The number of nitrogens with zero attached hydrogens (tertiary/aromatic N) is 6. The molecule has 2 heterocycles. The minimum atomic E-state index is -4.26. The van der Waals surface area contributed by atoms with Crippen LogP contribution in [0.3, 0.4) is 0 Å². The number of nitrogens with one attached hydrogen (secondary N) is 3. The molecule has 1 aliphatic heterocycles. The Morgan fingerprint density at radius 1 is 1.19 bits per heavy atom. The van der Waals surface area contributed by atoms with Gasteiger partial charge in [0.2, 0.25) is 15.9 Å². The number of sulfonamides is 1. The number of morpholine rings is 1. The molecule has 1 aliphatic carbocycles. The summed E-state index contributed by atoms with van der Waals surface area (Å²) in [6, 6.07) is 10.9. The standard InChI is InChI=1S/C29H38N10O7S/c1-3-25(40)31-17-24(32-28(30)41)39(29(42)45-4-2)38-13-14-46-23(16-22(19-9-10-19)26-33-36-37-34-26)27(38)35-47(43,44)21-12-11-18-7-5-6-8-20(18)15-21/h5-8,11-12,15,19,22-23,27,35H,3-4,9-10,13-14,16-17H2,1-2H3,(H2,30,41)(H,31,40)(H,33,34,36,37)/t22?,23-,27?/m0/s1. The lowest BCUT2D eigenvalue weighted by Gasteiger charge is -2.46. The van der Waals surface area contributed by atoms with Crippen molar-refractivity contribution < 1.29 is 32.3 Å². The van der Waals surface area contributed by atoms with Gasteiger partial charge in [0.25, 0.3) is 0 Å². The van der Waals surface area contributed by atoms with Crippen LogP contribution in [0.5, 0.6) is 0 Å². The van der Waals surface area contributed by atoms with E-state index in [-0.39, 0.29) is 67.6 Å². The first-order valence-corrected chi connectivity index (χ1v) is 16.8. The van der Waals surface area contributed by atoms with Crippen molar-refractivity contribution in [1.82, 2.24) is 40.7 Å². The van der Waals surface area contributed by atoms with Crippen molar-refractivity contribution in [1.29, 1.82) is 0 Å². The monoisotopic (exact) mass is 670 g/mol. The Morgan fingerprint density at radius 2 is 1.96 bits per heavy atom. The zero-order valence-electron chi connectivity index (χ0n) is 26.0. The van der Waals surface area contributed by atoms with Crippen LogP contribution in [0.15, 0.2) is 52.4 Å². The van der Waals surface area contributed by atoms with Crippen LogP contribution in [0.1, 0.15) is 51.3 Å². The summed E-state index contributed by atoms with van der Waals surface area (Å²) in [5.74, 6) is -0.200. The Labute approximate surface area is 271 Å². The summed E-state index contributed by atoms with van der Waals surface area (Å²) in [4.78, 5) is 41.7. The van der Waals surface area contributed by atoms with Crippen LogP contribution in [0.4, 0.5) is 9.59 Å². The summed E-state index contributed by atoms with van der Waals surface area (Å²) in [5.41, 5.74) is 5.42. The second kappa shape index (κ2) is 14.9. The fourth-order valence-corrected chi connectivity index (χ4v) is 6.82. The molecule has 1 aromatic heterocycles. The molecule has 1 saturated carbocycles. The maximum absolute atomic E-state index is 14.1. The van der Waals surface area contributed by atoms with Crippen LogP contribution in [0, 0.1) is 5.92 Å². The average molecular weight is 671 g/mol. The van der Waals surface area contributed by atoms with Crippen molar-refractivity contribution >= 4 is 44.7 Å². The molecule has 0 radical (unpaired) electrons. The number of hydrogen-bond acceptors (Lipinski definition) is 11. The first-order valence-electron chi connectivity index (χ1n) is 15.3. The van der Waals surface area contributed by atoms with E-state index < -0.39 is 34.4 Å². The minimum absolute atomic E-state index is 0.0127. The number of carbonyl (C=O) groups is 3. The molecule has 0 bridgehead atoms. The number of nitrogens with two attached hydrogens (primary N) is 1. The topological polar surface area (TPSA) is 227 Å². The summed E-state index contributed by atoms with van der Waals surface area (Å²) in [7, 11) is -4.26. The van der Waals surface area contributed by atoms with Crippen LogP contribution in [-0.2, 0) is 24.3 Å². The van der Waals surface area contributed by atoms with Crippen molar-refractivity contribution in [2.75, 3.05) is 26.3 Å². The number of urea groups is 1. The Morgan fingerprint density at radius 3 is 2.62 bits per heavy atom. The van der Waals surface area contributed by atoms with E-state index in [1.54, 1.807) is 32.0 Å². The van der Waals surface area contributed by atoms with Gasteiger partial charge in [0, 0.05) is 18.9 Å². The van der Waals surface area contributed by atoms with Crippen molar-refractivity contribution in [3.63, 3.8) is 0 Å². The molecular formula is C29H38N10O7S. The molecule has 252 valence electrons. The van der Waals surface area contributed by atoms with Crippen molar-refractivity contribution in [2.24, 2.45) is 16.6 Å². The lowest BCUT2D eigenvalue weighted by atomic mass is 9.93. The molecule has 1 saturated heterocycles. The summed E-state index contributed by atoms with van der Waals surface area (Å²) in [5, 5.41) is 21.0. The number of hydrogen-bond donors (Lipinski definition) is 4. The number of amidine groups is 1. The summed E-state index contributed by atoms with van der Waals surface area (Å²) >= 11 is 0. The second-order valence-electron chi connectivity index (χ2n) is 11.1. The highest BCUT2D eigenvalue weighted by Gasteiger charge is 2.46. The lowest BCUT2D eigenvalue weighted by Crippen LogP contribution is -2.67. The van der Waals surface area contributed by atoms with E-state index >= 15 is 0 Å². The van der Waals surface area contributed by atoms with Gasteiger partial charge in [-0.15, -0.1) is 10.2 Å². The van der Waals surface area contributed by atoms with E-state index in [1.165, 1.54) is 11.1 Å². The molecule has 3 atom stereocenters. The zero-order chi connectivity index (χ0) is 33.6. The van der Waals surface area contributed by atoms with Gasteiger partial charge in [0.1, 0.15) is 6.17 Å². The fourth-order valence-electron chi connectivity index (χ4n) is 5.56. The number of aliphatic imine (C=N–C) groups is 1. The molecule has 2 aliphatic rings. The summed E-state index contributed by atoms with van der Waals surface area (Å²) < 4.78 is 42.5. The van der Waals surface area contributed by atoms with E-state index in [2.05, 4.69) is 35.7 Å². The predicted octanol–water partition coefficient (Wildman–Crippen LogP) is 1.62. The summed E-state index contributed by atoms with van der Waals surface area (Å²) in [6.45, 7) is 2.82. The van der Waals surface area contributed by atoms with E-state index in [4.69, 9.17) is 15.2 Å². The van der Waals surface area contributed by atoms with Crippen molar-refractivity contribution in [3.8, 4) is 0 Å². The number of tetrazole rings is 1. The number of aromatic nitrogens is 4. The van der Waals surface area contributed by atoms with Crippen LogP contribution >= 0.6 is 0 Å². The first-order chi connectivity index (χ1) is 22.6. The van der Waals surface area contributed by atoms with Gasteiger partial charge in [0.05, 0.1) is 30.8 Å². The highest BCUT2D eigenvalue weighted by atomic mass is 32.2. The molecule has 17 nitrogen and oxygen atoms in total. The minimum Gasteiger partial charge on any atom is -0.448 e. The van der Waals surface area contributed by atoms with Gasteiger partial charge in [-0.3, -0.25) is 4.79 Å². The highest BCUT2D eigenvalue weighted by molar-refractivity contribution is 7.89. The molecule has 0 spiro atoms. The Kier molecular flexibility index (Phi) is 10.7. The Balaban J connectivity index is 1.57. The number of amides is 4. The molecule has 5 rings (SSSR count). The van der Waals surface area contributed by atoms with Gasteiger partial charge in [-0.1, -0.05) is 42.5 Å². The summed E-state index contributed by atoms with van der Waals surface area (Å²) in [6.07, 6.45) is -0.842. The van der Waals surface area contributed by atoms with Crippen LogP contribution < -0.4 is 15.8 Å². The number of fused-ring (bicyclic) bond motifs is 1. The van der Waals surface area contributed by atoms with E-state index in [9.17, 15) is 22.8 Å². The molecule has 2 unspecified atom stereocenters. The number of benzene rings is 2. The maximum atomic E-state index is 14.1. The normalized spacial score (nSPS) is 19.7. The number of hydrazine groups is 1. The largest absolute Gasteiger partial charge is 0.448 e. The van der Waals surface area contributed by atoms with Crippen molar-refractivity contribution in [3.05, 3.63) is 48.3 Å². The second-order valence-corrected chi connectivity index (χ2v) is 12.8. The SMILES string of the molecule is CCOC(=O)N(C(CNC(=O)CC)=NC(N)=O)N1CCO[C@@H](CC(c2nn[nH]n2)C2CC2)C1NS(=O)(=O)c1ccc2ccccc2c1. The molecule has 4 amide bonds. The molecule has 2 aromatic carbocycles. The number of aromatic amines is 1. The quantitative estimate of drug-likeness (QED) is 0.160. The Bertz CT molecular complexity index is 1710. The molecule has 5 N–H and O–H groups in total. The molecule has 18 heteroatoms. The third-order valence-electron chi connectivity index (χ3n) is 7.95. The van der Waals surface area contributed by atoms with Gasteiger partial charge < -0.3 is 20.5 Å². The number of ether oxygens (including phenoxy) is 2. The van der Waals surface area contributed by atoms with E-state index in [0.29, 0.717) is 11.2 Å². The van der Waals surface area contributed by atoms with Crippen LogP contribution in [0.2, 0.25) is 0 Å². The maximum Gasteiger partial charge on any atom is 0.430 e. The number of rotatable bonds is 12. The fraction of sp³-hybridized carbons (Fsp3) is 0.483. The zero-order valence-corrected chi connectivity index (χ0v) is 26.9. The van der Waals surface area contributed by atoms with E-state index in [0.717, 1.165) is 23.2 Å². The highest BCUT2D eigenvalue weighted by Crippen LogP contribution is 2.45. The van der Waals surface area contributed by atoms with Gasteiger partial charge in [-0.25, -0.2) is 18.0 Å². The molecular weight excluding hydrogens is 632 g/mol. The Hall–Kier alpha value is -4.52. The van der Waals surface area contributed by atoms with Crippen molar-refractivity contribution in [2.45, 2.75) is 62.6 Å². The predicted molar refractivity (Wildman–Crippen MR) is 168 cm³/mol. The van der Waals surface area contributed by atoms with Gasteiger partial charge >= 0.3 is 12.1 Å². The van der Waals surface area contributed by atoms with Crippen LogP contribution in [0.25, 0.3) is 10.8 Å². The third kappa shape index (κ3) is 8.26. The number of primary amides is 1. The lowest BCUT2D eigenvalue weighted by molar-refractivity contribution is -0.136. The van der Waals surface area contributed by atoms with Gasteiger partial charge in [-0.2, -0.15) is 24.9 Å². The van der Waals surface area contributed by atoms with E-state index in [1.807, 2.05) is 18.2 Å². The smallest absolute Gasteiger partial charge is 0.430 e. The van der Waals surface area contributed by atoms with Crippen LogP contribution in [-0.4, -0.2) is 101 Å². The van der Waals surface area contributed by atoms with Gasteiger partial charge in [0.15, 0.2) is 11.7 Å². The van der Waals surface area contributed by atoms with Gasteiger partial charge in [-0.05, 0) is 55.0 Å². The molecule has 3 aromatic rings. The third-order valence-corrected chi connectivity index (χ3v) is 9.38. The number of H-pyrrole nitrogens is 1. The molecule has 2 fully saturated rings. The first kappa shape index (κ1) is 33.8.